The van der Waals surface area contributed by atoms with E-state index in [0.717, 1.165) is 6.54 Å². The molecule has 2 nitrogen and oxygen atoms in total. The van der Waals surface area contributed by atoms with Gasteiger partial charge in [0.2, 0.25) is 0 Å². The molecule has 2 heteroatoms. The molecule has 0 amide bonds. The molecule has 180 valence electrons. The van der Waals surface area contributed by atoms with E-state index in [2.05, 4.69) is 123 Å². The van der Waals surface area contributed by atoms with Gasteiger partial charge in [-0.05, 0) is 72.9 Å². The van der Waals surface area contributed by atoms with Crippen molar-refractivity contribution in [3.05, 3.63) is 96.0 Å². The molecule has 0 radical (unpaired) electrons. The molecule has 1 N–H and O–H groups in total. The lowest BCUT2D eigenvalue weighted by atomic mass is 9.84. The first-order valence-electron chi connectivity index (χ1n) is 13.2. The van der Waals surface area contributed by atoms with Gasteiger partial charge in [-0.2, -0.15) is 0 Å². The molecule has 2 aromatic heterocycles. The summed E-state index contributed by atoms with van der Waals surface area (Å²) >= 11 is 0. The van der Waals surface area contributed by atoms with Crippen molar-refractivity contribution < 1.29 is 0 Å². The third kappa shape index (κ3) is 4.55. The molecule has 0 fully saturated rings. The lowest BCUT2D eigenvalue weighted by Crippen LogP contribution is -2.06. The Morgan fingerprint density at radius 2 is 1.83 bits per heavy atom. The molecule has 1 aliphatic rings. The van der Waals surface area contributed by atoms with Crippen molar-refractivity contribution in [1.82, 2.24) is 9.55 Å². The van der Waals surface area contributed by atoms with Gasteiger partial charge < -0.3 is 9.55 Å². The molecule has 0 saturated carbocycles. The first-order chi connectivity index (χ1) is 17.0. The maximum Gasteiger partial charge on any atom is 0.0460 e. The van der Waals surface area contributed by atoms with E-state index < -0.39 is 0 Å². The SMILES string of the molecule is CCC1CC(c2cn(CC)cc2-c2ccc3[nH]cc(-c4cccc(C(C)C)c4)c3c2)C=CC=C1C. The van der Waals surface area contributed by atoms with Crippen LogP contribution in [0.3, 0.4) is 0 Å². The van der Waals surface area contributed by atoms with Crippen LogP contribution in [0.4, 0.5) is 0 Å². The van der Waals surface area contributed by atoms with E-state index in [-0.39, 0.29) is 0 Å². The minimum Gasteiger partial charge on any atom is -0.361 e. The average molecular weight is 463 g/mol. The van der Waals surface area contributed by atoms with Crippen LogP contribution < -0.4 is 0 Å². The van der Waals surface area contributed by atoms with Crippen LogP contribution in [-0.4, -0.2) is 9.55 Å². The second-order valence-electron chi connectivity index (χ2n) is 10.4. The second-order valence-corrected chi connectivity index (χ2v) is 10.4. The predicted octanol–water partition coefficient (Wildman–Crippen LogP) is 9.46. The van der Waals surface area contributed by atoms with Gasteiger partial charge in [0.1, 0.15) is 0 Å². The third-order valence-electron chi connectivity index (χ3n) is 7.91. The number of nitrogens with one attached hydrogen (secondary N) is 1. The highest BCUT2D eigenvalue weighted by Gasteiger charge is 2.23. The van der Waals surface area contributed by atoms with Gasteiger partial charge in [0.15, 0.2) is 0 Å². The van der Waals surface area contributed by atoms with Gasteiger partial charge in [-0.3, -0.25) is 0 Å². The van der Waals surface area contributed by atoms with Crippen LogP contribution in [0, 0.1) is 5.92 Å². The molecular formula is C33H38N2. The van der Waals surface area contributed by atoms with E-state index in [1.54, 1.807) is 0 Å². The highest BCUT2D eigenvalue weighted by molar-refractivity contribution is 5.98. The van der Waals surface area contributed by atoms with Crippen LogP contribution in [0.25, 0.3) is 33.2 Å². The fourth-order valence-electron chi connectivity index (χ4n) is 5.61. The number of benzene rings is 2. The van der Waals surface area contributed by atoms with Crippen LogP contribution in [0.1, 0.15) is 70.4 Å². The Morgan fingerprint density at radius 1 is 1.00 bits per heavy atom. The monoisotopic (exact) mass is 462 g/mol. The number of allylic oxidation sites excluding steroid dienone is 4. The predicted molar refractivity (Wildman–Crippen MR) is 151 cm³/mol. The number of hydrogen-bond donors (Lipinski definition) is 1. The Kier molecular flexibility index (Phi) is 6.56. The molecule has 2 unspecified atom stereocenters. The van der Waals surface area contributed by atoms with E-state index in [9.17, 15) is 0 Å². The zero-order chi connectivity index (χ0) is 24.5. The van der Waals surface area contributed by atoms with Crippen LogP contribution >= 0.6 is 0 Å². The van der Waals surface area contributed by atoms with Crippen molar-refractivity contribution in [3.63, 3.8) is 0 Å². The second kappa shape index (κ2) is 9.77. The standard InChI is InChI=1S/C33H38N2/c1-6-24-16-27(12-8-10-23(24)5)31-20-35(7-2)21-32(31)28-14-15-33-29(18-28)30(19-34-33)26-13-9-11-25(17-26)22(3)4/h8-15,17-22,24,27,34H,6-7,16H2,1-5H3. The quantitative estimate of drug-likeness (QED) is 0.294. The molecule has 2 aromatic carbocycles. The average Bonchev–Trinajstić information content (AvgIpc) is 3.45. The summed E-state index contributed by atoms with van der Waals surface area (Å²) in [6.45, 7) is 12.3. The Bertz CT molecular complexity index is 1390. The van der Waals surface area contributed by atoms with Crippen molar-refractivity contribution in [2.24, 2.45) is 5.92 Å². The number of aryl methyl sites for hydroxylation is 1. The van der Waals surface area contributed by atoms with Gasteiger partial charge in [-0.1, -0.05) is 74.9 Å². The van der Waals surface area contributed by atoms with E-state index in [1.165, 1.54) is 62.7 Å². The van der Waals surface area contributed by atoms with Gasteiger partial charge in [0, 0.05) is 53.1 Å². The highest BCUT2D eigenvalue weighted by atomic mass is 14.9. The summed E-state index contributed by atoms with van der Waals surface area (Å²) in [6.07, 6.45) is 16.3. The molecule has 0 bridgehead atoms. The molecule has 2 heterocycles. The summed E-state index contributed by atoms with van der Waals surface area (Å²) in [5, 5.41) is 1.29. The first-order valence-corrected chi connectivity index (χ1v) is 13.2. The van der Waals surface area contributed by atoms with Crippen LogP contribution in [0.2, 0.25) is 0 Å². The minimum absolute atomic E-state index is 0.431. The molecule has 4 aromatic rings. The van der Waals surface area contributed by atoms with Crippen LogP contribution in [0.5, 0.6) is 0 Å². The van der Waals surface area contributed by atoms with E-state index in [0.29, 0.717) is 17.8 Å². The zero-order valence-corrected chi connectivity index (χ0v) is 21.8. The smallest absolute Gasteiger partial charge is 0.0460 e. The summed E-state index contributed by atoms with van der Waals surface area (Å²) in [7, 11) is 0. The number of nitrogens with zero attached hydrogens (tertiary/aromatic N) is 1. The summed E-state index contributed by atoms with van der Waals surface area (Å²) in [6, 6.07) is 15.9. The largest absolute Gasteiger partial charge is 0.361 e. The summed E-state index contributed by atoms with van der Waals surface area (Å²) in [5.41, 5.74) is 10.7. The van der Waals surface area contributed by atoms with Gasteiger partial charge in [-0.25, -0.2) is 0 Å². The summed E-state index contributed by atoms with van der Waals surface area (Å²) < 4.78 is 2.35. The first kappa shape index (κ1) is 23.5. The number of fused-ring (bicyclic) bond motifs is 1. The van der Waals surface area contributed by atoms with E-state index in [1.807, 2.05) is 0 Å². The molecular weight excluding hydrogens is 424 g/mol. The maximum absolute atomic E-state index is 3.51. The normalized spacial score (nSPS) is 18.3. The summed E-state index contributed by atoms with van der Waals surface area (Å²) in [4.78, 5) is 3.51. The maximum atomic E-state index is 3.51. The number of rotatable bonds is 6. The third-order valence-corrected chi connectivity index (χ3v) is 7.91. The lowest BCUT2D eigenvalue weighted by molar-refractivity contribution is 0.518. The Balaban J connectivity index is 1.59. The van der Waals surface area contributed by atoms with Crippen LogP contribution in [0.15, 0.2) is 84.9 Å². The topological polar surface area (TPSA) is 20.7 Å². The molecule has 0 spiro atoms. The highest BCUT2D eigenvalue weighted by Crippen LogP contribution is 2.40. The molecule has 35 heavy (non-hydrogen) atoms. The van der Waals surface area contributed by atoms with E-state index >= 15 is 0 Å². The number of aromatic nitrogens is 2. The van der Waals surface area contributed by atoms with Gasteiger partial charge in [0.05, 0.1) is 0 Å². The van der Waals surface area contributed by atoms with Gasteiger partial charge in [0.25, 0.3) is 0 Å². The van der Waals surface area contributed by atoms with Crippen molar-refractivity contribution in [3.8, 4) is 22.3 Å². The van der Waals surface area contributed by atoms with Crippen LogP contribution in [-0.2, 0) is 6.54 Å². The Hall–Kier alpha value is -3.26. The summed E-state index contributed by atoms with van der Waals surface area (Å²) in [5.74, 6) is 1.59. The molecule has 5 rings (SSSR count). The van der Waals surface area contributed by atoms with Crippen molar-refractivity contribution in [1.29, 1.82) is 0 Å². The Labute approximate surface area is 210 Å². The number of aromatic amines is 1. The number of H-pyrrole nitrogens is 1. The molecule has 1 aliphatic carbocycles. The minimum atomic E-state index is 0.431. The fraction of sp³-hybridized carbons (Fsp3) is 0.333. The number of hydrogen-bond acceptors (Lipinski definition) is 0. The van der Waals surface area contributed by atoms with Crippen molar-refractivity contribution >= 4 is 10.9 Å². The van der Waals surface area contributed by atoms with E-state index in [4.69, 9.17) is 0 Å². The van der Waals surface area contributed by atoms with Crippen molar-refractivity contribution in [2.45, 2.75) is 65.8 Å². The van der Waals surface area contributed by atoms with Gasteiger partial charge in [-0.15, -0.1) is 0 Å². The Morgan fingerprint density at radius 3 is 2.60 bits per heavy atom. The fourth-order valence-corrected chi connectivity index (χ4v) is 5.61. The molecule has 0 aliphatic heterocycles. The molecule has 2 atom stereocenters. The van der Waals surface area contributed by atoms with Gasteiger partial charge >= 0.3 is 0 Å². The lowest BCUT2D eigenvalue weighted by Gasteiger charge is -2.20. The zero-order valence-electron chi connectivity index (χ0n) is 21.8. The van der Waals surface area contributed by atoms with Crippen molar-refractivity contribution in [2.75, 3.05) is 0 Å². The molecule has 0 saturated heterocycles.